The van der Waals surface area contributed by atoms with Crippen molar-refractivity contribution in [2.24, 2.45) is 0 Å². The number of benzene rings is 1. The van der Waals surface area contributed by atoms with E-state index in [4.69, 9.17) is 28.3 Å². The molecule has 1 aromatic rings. The molecule has 0 bridgehead atoms. The fourth-order valence-corrected chi connectivity index (χ4v) is 1.53. The molecule has 2 N–H and O–H groups in total. The zero-order chi connectivity index (χ0) is 12.3. The lowest BCUT2D eigenvalue weighted by Gasteiger charge is -2.09. The quantitative estimate of drug-likeness (QED) is 0.879. The molecule has 0 aliphatic heterocycles. The third kappa shape index (κ3) is 2.87. The van der Waals surface area contributed by atoms with Crippen molar-refractivity contribution < 1.29 is 14.7 Å². The van der Waals surface area contributed by atoms with E-state index in [9.17, 15) is 9.59 Å². The summed E-state index contributed by atoms with van der Waals surface area (Å²) >= 11 is 11.5. The van der Waals surface area contributed by atoms with E-state index in [0.717, 1.165) is 0 Å². The lowest BCUT2D eigenvalue weighted by molar-refractivity contribution is -0.115. The second-order valence-corrected chi connectivity index (χ2v) is 3.84. The van der Waals surface area contributed by atoms with Gasteiger partial charge in [0.15, 0.2) is 0 Å². The van der Waals surface area contributed by atoms with Crippen molar-refractivity contribution >= 4 is 40.8 Å². The van der Waals surface area contributed by atoms with Gasteiger partial charge in [-0.15, -0.1) is 0 Å². The van der Waals surface area contributed by atoms with Gasteiger partial charge in [0.25, 0.3) is 0 Å². The van der Waals surface area contributed by atoms with Crippen LogP contribution >= 0.6 is 23.2 Å². The van der Waals surface area contributed by atoms with Crippen molar-refractivity contribution in [2.75, 3.05) is 5.32 Å². The van der Waals surface area contributed by atoms with Gasteiger partial charge in [0.05, 0.1) is 16.3 Å². The van der Waals surface area contributed by atoms with Gasteiger partial charge in [-0.3, -0.25) is 4.79 Å². The number of hydrogen-bond donors (Lipinski definition) is 2. The first kappa shape index (κ1) is 12.8. The lowest BCUT2D eigenvalue weighted by Crippen LogP contribution is -2.11. The standard InChI is InChI=1S/C10H9Cl2NO3/c1-2-8(14)13-7-4-5(11)3-6(9(7)12)10(15)16/h3-4H,2H2,1H3,(H,13,14)(H,15,16). The normalized spacial score (nSPS) is 9.94. The number of carbonyl (C=O) groups excluding carboxylic acids is 1. The van der Waals surface area contributed by atoms with Crippen molar-refractivity contribution in [3.05, 3.63) is 27.7 Å². The maximum Gasteiger partial charge on any atom is 0.337 e. The molecule has 1 amide bonds. The minimum atomic E-state index is -1.19. The maximum absolute atomic E-state index is 11.2. The molecule has 1 rings (SSSR count). The van der Waals surface area contributed by atoms with Crippen LogP contribution in [0, 0.1) is 0 Å². The summed E-state index contributed by atoms with van der Waals surface area (Å²) in [6, 6.07) is 2.64. The van der Waals surface area contributed by atoms with Gasteiger partial charge in [0.1, 0.15) is 0 Å². The number of amides is 1. The minimum Gasteiger partial charge on any atom is -0.478 e. The van der Waals surface area contributed by atoms with Crippen LogP contribution in [0.4, 0.5) is 5.69 Å². The first-order chi connectivity index (χ1) is 7.45. The second-order valence-electron chi connectivity index (χ2n) is 3.02. The Bertz CT molecular complexity index is 446. The topological polar surface area (TPSA) is 66.4 Å². The van der Waals surface area contributed by atoms with Gasteiger partial charge < -0.3 is 10.4 Å². The van der Waals surface area contributed by atoms with Crippen LogP contribution in [0.15, 0.2) is 12.1 Å². The number of aromatic carboxylic acids is 1. The summed E-state index contributed by atoms with van der Waals surface area (Å²) in [7, 11) is 0. The van der Waals surface area contributed by atoms with Gasteiger partial charge in [-0.1, -0.05) is 30.1 Å². The lowest BCUT2D eigenvalue weighted by atomic mass is 10.2. The van der Waals surface area contributed by atoms with E-state index in [1.807, 2.05) is 0 Å². The van der Waals surface area contributed by atoms with Crippen molar-refractivity contribution in [3.63, 3.8) is 0 Å². The molecule has 1 aromatic carbocycles. The molecule has 0 saturated carbocycles. The molecule has 16 heavy (non-hydrogen) atoms. The molecule has 6 heteroatoms. The first-order valence-corrected chi connectivity index (χ1v) is 5.23. The zero-order valence-electron chi connectivity index (χ0n) is 8.38. The summed E-state index contributed by atoms with van der Waals surface area (Å²) < 4.78 is 0. The Kier molecular flexibility index (Phi) is 4.15. The number of halogens is 2. The van der Waals surface area contributed by atoms with Crippen LogP contribution in [0.25, 0.3) is 0 Å². The van der Waals surface area contributed by atoms with Gasteiger partial charge in [-0.2, -0.15) is 0 Å². The van der Waals surface area contributed by atoms with Gasteiger partial charge in [-0.05, 0) is 12.1 Å². The number of carboxylic acids is 1. The number of carbonyl (C=O) groups is 2. The molecule has 0 spiro atoms. The van der Waals surface area contributed by atoms with Gasteiger partial charge in [0.2, 0.25) is 5.91 Å². The van der Waals surface area contributed by atoms with Crippen molar-refractivity contribution in [1.29, 1.82) is 0 Å². The minimum absolute atomic E-state index is 0.0290. The Morgan fingerprint density at radius 1 is 1.38 bits per heavy atom. The highest BCUT2D eigenvalue weighted by Gasteiger charge is 2.15. The third-order valence-corrected chi connectivity index (χ3v) is 2.49. The summed E-state index contributed by atoms with van der Waals surface area (Å²) in [5.74, 6) is -1.46. The highest BCUT2D eigenvalue weighted by atomic mass is 35.5. The molecular weight excluding hydrogens is 253 g/mol. The molecule has 0 atom stereocenters. The highest BCUT2D eigenvalue weighted by Crippen LogP contribution is 2.30. The SMILES string of the molecule is CCC(=O)Nc1cc(Cl)cc(C(=O)O)c1Cl. The third-order valence-electron chi connectivity index (χ3n) is 1.86. The molecule has 0 aromatic heterocycles. The van der Waals surface area contributed by atoms with E-state index in [2.05, 4.69) is 5.32 Å². The van der Waals surface area contributed by atoms with Gasteiger partial charge >= 0.3 is 5.97 Å². The molecule has 0 fully saturated rings. The number of anilines is 1. The number of rotatable bonds is 3. The maximum atomic E-state index is 11.2. The monoisotopic (exact) mass is 261 g/mol. The summed E-state index contributed by atoms with van der Waals surface area (Å²) in [5.41, 5.74) is 0.0685. The smallest absolute Gasteiger partial charge is 0.337 e. The number of hydrogen-bond acceptors (Lipinski definition) is 2. The van der Waals surface area contributed by atoms with Gasteiger partial charge in [-0.25, -0.2) is 4.79 Å². The second kappa shape index (κ2) is 5.18. The van der Waals surface area contributed by atoms with E-state index in [0.29, 0.717) is 0 Å². The molecule has 0 saturated heterocycles. The van der Waals surface area contributed by atoms with Crippen molar-refractivity contribution in [1.82, 2.24) is 0 Å². The Hall–Kier alpha value is -1.26. The molecule has 0 aliphatic carbocycles. The van der Waals surface area contributed by atoms with Crippen LogP contribution in [-0.4, -0.2) is 17.0 Å². The highest BCUT2D eigenvalue weighted by molar-refractivity contribution is 6.38. The largest absolute Gasteiger partial charge is 0.478 e. The molecule has 0 heterocycles. The van der Waals surface area contributed by atoms with Crippen LogP contribution in [0.5, 0.6) is 0 Å². The summed E-state index contributed by atoms with van der Waals surface area (Å²) in [6.07, 6.45) is 0.269. The van der Waals surface area contributed by atoms with Crippen molar-refractivity contribution in [3.8, 4) is 0 Å². The Balaban J connectivity index is 3.19. The first-order valence-electron chi connectivity index (χ1n) is 4.48. The van der Waals surface area contributed by atoms with Crippen LogP contribution < -0.4 is 5.32 Å². The fraction of sp³-hybridized carbons (Fsp3) is 0.200. The van der Waals surface area contributed by atoms with E-state index >= 15 is 0 Å². The molecule has 86 valence electrons. The van der Waals surface area contributed by atoms with Crippen LogP contribution in [0.1, 0.15) is 23.7 Å². The molecule has 0 radical (unpaired) electrons. The average Bonchev–Trinajstić information content (AvgIpc) is 2.22. The van der Waals surface area contributed by atoms with E-state index in [1.165, 1.54) is 12.1 Å². The van der Waals surface area contributed by atoms with E-state index in [1.54, 1.807) is 6.92 Å². The Morgan fingerprint density at radius 3 is 2.50 bits per heavy atom. The Morgan fingerprint density at radius 2 is 2.00 bits per heavy atom. The van der Waals surface area contributed by atoms with Crippen molar-refractivity contribution in [2.45, 2.75) is 13.3 Å². The summed E-state index contributed by atoms with van der Waals surface area (Å²) in [5, 5.41) is 11.5. The fourth-order valence-electron chi connectivity index (χ4n) is 1.07. The van der Waals surface area contributed by atoms with Gasteiger partial charge in [0, 0.05) is 11.4 Å². The van der Waals surface area contributed by atoms with Crippen LogP contribution in [-0.2, 0) is 4.79 Å². The molecule has 0 aliphatic rings. The van der Waals surface area contributed by atoms with Crippen LogP contribution in [0.2, 0.25) is 10.0 Å². The molecule has 4 nitrogen and oxygen atoms in total. The van der Waals surface area contributed by atoms with Crippen LogP contribution in [0.3, 0.4) is 0 Å². The average molecular weight is 262 g/mol. The Labute approximate surface area is 102 Å². The van der Waals surface area contributed by atoms with E-state index < -0.39 is 5.97 Å². The predicted octanol–water partition coefficient (Wildman–Crippen LogP) is 3.04. The summed E-state index contributed by atoms with van der Waals surface area (Å²) in [6.45, 7) is 1.67. The summed E-state index contributed by atoms with van der Waals surface area (Å²) in [4.78, 5) is 22.0. The number of nitrogens with one attached hydrogen (secondary N) is 1. The van der Waals surface area contributed by atoms with E-state index in [-0.39, 0.29) is 33.6 Å². The number of carboxylic acid groups (broad SMARTS) is 1. The predicted molar refractivity (Wildman–Crippen MR) is 62.3 cm³/mol. The molecular formula is C10H9Cl2NO3. The zero-order valence-corrected chi connectivity index (χ0v) is 9.89. The molecule has 0 unspecified atom stereocenters.